The molecule has 1 amide bonds. The molecule has 1 aliphatic carbocycles. The van der Waals surface area contributed by atoms with Crippen molar-refractivity contribution in [3.8, 4) is 6.07 Å². The van der Waals surface area contributed by atoms with Crippen LogP contribution in [0.2, 0.25) is 0 Å². The van der Waals surface area contributed by atoms with Gasteiger partial charge in [0, 0.05) is 0 Å². The number of aryl methyl sites for hydroxylation is 1. The van der Waals surface area contributed by atoms with Crippen LogP contribution in [0.15, 0.2) is 0 Å². The molecule has 17 heavy (non-hydrogen) atoms. The first-order valence-electron chi connectivity index (χ1n) is 5.78. The third-order valence-electron chi connectivity index (χ3n) is 2.77. The lowest BCUT2D eigenvalue weighted by Gasteiger charge is -2.09. The molecule has 90 valence electrons. The molecule has 0 spiro atoms. The summed E-state index contributed by atoms with van der Waals surface area (Å²) >= 11 is 1.10. The summed E-state index contributed by atoms with van der Waals surface area (Å²) in [6.07, 6.45) is 3.73. The van der Waals surface area contributed by atoms with Gasteiger partial charge in [-0.1, -0.05) is 17.8 Å². The first-order chi connectivity index (χ1) is 8.26. The lowest BCUT2D eigenvalue weighted by molar-refractivity contribution is 0.0945. The summed E-state index contributed by atoms with van der Waals surface area (Å²) in [6, 6.07) is 1.78. The molecule has 1 fully saturated rings. The maximum atomic E-state index is 12.0. The van der Waals surface area contributed by atoms with Crippen molar-refractivity contribution in [1.29, 1.82) is 5.26 Å². The summed E-state index contributed by atoms with van der Waals surface area (Å²) in [4.78, 5) is 12.5. The predicted octanol–water partition coefficient (Wildman–Crippen LogP) is 1.52. The SMILES string of the molecule is CCCc1nnsc1C(=O)NC(C#N)C1CC1. The van der Waals surface area contributed by atoms with E-state index in [9.17, 15) is 4.79 Å². The molecule has 6 heteroatoms. The fourth-order valence-corrected chi connectivity index (χ4v) is 2.28. The highest BCUT2D eigenvalue weighted by atomic mass is 32.1. The zero-order valence-corrected chi connectivity index (χ0v) is 10.5. The fraction of sp³-hybridized carbons (Fsp3) is 0.636. The second kappa shape index (κ2) is 5.23. The van der Waals surface area contributed by atoms with Gasteiger partial charge in [0.2, 0.25) is 0 Å². The highest BCUT2D eigenvalue weighted by Gasteiger charge is 2.33. The molecule has 1 atom stereocenters. The van der Waals surface area contributed by atoms with E-state index in [0.29, 0.717) is 10.8 Å². The molecular weight excluding hydrogens is 236 g/mol. The molecule has 1 heterocycles. The molecule has 0 aromatic carbocycles. The van der Waals surface area contributed by atoms with E-state index < -0.39 is 0 Å². The summed E-state index contributed by atoms with van der Waals surface area (Å²) in [5.74, 6) is 0.126. The normalized spacial score (nSPS) is 16.2. The molecule has 1 aromatic rings. The van der Waals surface area contributed by atoms with Gasteiger partial charge in [0.05, 0.1) is 11.8 Å². The first-order valence-corrected chi connectivity index (χ1v) is 6.55. The number of carbonyl (C=O) groups excluding carboxylic acids is 1. The molecule has 1 unspecified atom stereocenters. The molecule has 1 aliphatic rings. The summed E-state index contributed by atoms with van der Waals surface area (Å²) < 4.78 is 3.80. The molecule has 0 saturated heterocycles. The van der Waals surface area contributed by atoms with E-state index in [4.69, 9.17) is 5.26 Å². The van der Waals surface area contributed by atoms with Gasteiger partial charge in [-0.05, 0) is 36.7 Å². The van der Waals surface area contributed by atoms with Crippen LogP contribution in [0.3, 0.4) is 0 Å². The Morgan fingerprint density at radius 1 is 1.71 bits per heavy atom. The zero-order valence-electron chi connectivity index (χ0n) is 9.64. The van der Waals surface area contributed by atoms with Crippen molar-refractivity contribution in [2.75, 3.05) is 0 Å². The van der Waals surface area contributed by atoms with Gasteiger partial charge in [0.1, 0.15) is 10.9 Å². The van der Waals surface area contributed by atoms with Crippen molar-refractivity contribution in [2.24, 2.45) is 5.92 Å². The summed E-state index contributed by atoms with van der Waals surface area (Å²) in [5.41, 5.74) is 0.738. The van der Waals surface area contributed by atoms with Crippen LogP contribution in [0.4, 0.5) is 0 Å². The van der Waals surface area contributed by atoms with E-state index in [1.807, 2.05) is 6.92 Å². The molecule has 0 radical (unpaired) electrons. The number of amides is 1. The van der Waals surface area contributed by atoms with Crippen LogP contribution in [-0.4, -0.2) is 21.5 Å². The average molecular weight is 250 g/mol. The second-order valence-corrected chi connectivity index (χ2v) is 4.97. The molecule has 5 nitrogen and oxygen atoms in total. The largest absolute Gasteiger partial charge is 0.335 e. The van der Waals surface area contributed by atoms with E-state index >= 15 is 0 Å². The van der Waals surface area contributed by atoms with E-state index in [-0.39, 0.29) is 11.9 Å². The predicted molar refractivity (Wildman–Crippen MR) is 63.5 cm³/mol. The Bertz CT molecular complexity index is 447. The molecule has 1 aromatic heterocycles. The Morgan fingerprint density at radius 3 is 3.06 bits per heavy atom. The number of hydrogen-bond donors (Lipinski definition) is 1. The van der Waals surface area contributed by atoms with Crippen LogP contribution in [-0.2, 0) is 6.42 Å². The van der Waals surface area contributed by atoms with Gasteiger partial charge in [-0.25, -0.2) is 0 Å². The number of nitriles is 1. The number of rotatable bonds is 5. The van der Waals surface area contributed by atoms with Crippen LogP contribution >= 0.6 is 11.5 Å². The summed E-state index contributed by atoms with van der Waals surface area (Å²) in [6.45, 7) is 2.03. The fourth-order valence-electron chi connectivity index (χ4n) is 1.67. The third-order valence-corrected chi connectivity index (χ3v) is 3.53. The Kier molecular flexibility index (Phi) is 3.69. The van der Waals surface area contributed by atoms with Gasteiger partial charge in [-0.2, -0.15) is 5.26 Å². The maximum absolute atomic E-state index is 12.0. The van der Waals surface area contributed by atoms with Gasteiger partial charge in [0.25, 0.3) is 5.91 Å². The number of nitrogens with zero attached hydrogens (tertiary/aromatic N) is 3. The lowest BCUT2D eigenvalue weighted by atomic mass is 10.2. The number of aromatic nitrogens is 2. The maximum Gasteiger partial charge on any atom is 0.265 e. The van der Waals surface area contributed by atoms with E-state index in [1.54, 1.807) is 0 Å². The lowest BCUT2D eigenvalue weighted by Crippen LogP contribution is -2.35. The van der Waals surface area contributed by atoms with Crippen molar-refractivity contribution in [1.82, 2.24) is 14.9 Å². The third kappa shape index (κ3) is 2.80. The molecular formula is C11H14N4OS. The Balaban J connectivity index is 2.03. The van der Waals surface area contributed by atoms with Crippen molar-refractivity contribution in [3.05, 3.63) is 10.6 Å². The van der Waals surface area contributed by atoms with Crippen molar-refractivity contribution >= 4 is 17.4 Å². The first kappa shape index (κ1) is 12.0. The van der Waals surface area contributed by atoms with Gasteiger partial charge in [-0.3, -0.25) is 4.79 Å². The van der Waals surface area contributed by atoms with Crippen molar-refractivity contribution in [2.45, 2.75) is 38.6 Å². The van der Waals surface area contributed by atoms with Gasteiger partial charge in [-0.15, -0.1) is 5.10 Å². The van der Waals surface area contributed by atoms with E-state index in [1.165, 1.54) is 0 Å². The van der Waals surface area contributed by atoms with Crippen LogP contribution in [0, 0.1) is 17.2 Å². The summed E-state index contributed by atoms with van der Waals surface area (Å²) in [5, 5.41) is 15.7. The van der Waals surface area contributed by atoms with E-state index in [0.717, 1.165) is 42.9 Å². The Morgan fingerprint density at radius 2 is 2.47 bits per heavy atom. The quantitative estimate of drug-likeness (QED) is 0.859. The standard InChI is InChI=1S/C11H14N4OS/c1-2-3-8-10(17-15-14-8)11(16)13-9(6-12)7-4-5-7/h7,9H,2-5H2,1H3,(H,13,16). The zero-order chi connectivity index (χ0) is 12.3. The van der Waals surface area contributed by atoms with Gasteiger partial charge in [0.15, 0.2) is 0 Å². The minimum atomic E-state index is -0.362. The van der Waals surface area contributed by atoms with Crippen LogP contribution in [0.25, 0.3) is 0 Å². The van der Waals surface area contributed by atoms with Crippen molar-refractivity contribution in [3.63, 3.8) is 0 Å². The van der Waals surface area contributed by atoms with Gasteiger partial charge < -0.3 is 5.32 Å². The minimum absolute atomic E-state index is 0.207. The van der Waals surface area contributed by atoms with Crippen molar-refractivity contribution < 1.29 is 4.79 Å². The topological polar surface area (TPSA) is 78.7 Å². The second-order valence-electron chi connectivity index (χ2n) is 4.22. The van der Waals surface area contributed by atoms with Crippen LogP contribution in [0.5, 0.6) is 0 Å². The smallest absolute Gasteiger partial charge is 0.265 e. The highest BCUT2D eigenvalue weighted by molar-refractivity contribution is 7.08. The van der Waals surface area contributed by atoms with Crippen LogP contribution in [0.1, 0.15) is 41.6 Å². The molecule has 0 aliphatic heterocycles. The number of carbonyl (C=O) groups is 1. The Hall–Kier alpha value is -1.48. The monoisotopic (exact) mass is 250 g/mol. The molecule has 1 saturated carbocycles. The van der Waals surface area contributed by atoms with Crippen LogP contribution < -0.4 is 5.32 Å². The molecule has 0 bridgehead atoms. The highest BCUT2D eigenvalue weighted by Crippen LogP contribution is 2.32. The molecule has 1 N–H and O–H groups in total. The average Bonchev–Trinajstić information content (AvgIpc) is 3.06. The number of hydrogen-bond acceptors (Lipinski definition) is 5. The van der Waals surface area contributed by atoms with Gasteiger partial charge >= 0.3 is 0 Å². The summed E-state index contributed by atoms with van der Waals surface area (Å²) in [7, 11) is 0. The minimum Gasteiger partial charge on any atom is -0.335 e. The molecule has 2 rings (SSSR count). The Labute approximate surface area is 104 Å². The van der Waals surface area contributed by atoms with E-state index in [2.05, 4.69) is 21.0 Å². The number of nitrogens with one attached hydrogen (secondary N) is 1.